The van der Waals surface area contributed by atoms with Crippen LogP contribution in [0, 0.1) is 30.3 Å². The minimum Gasteiger partial charge on any atom is -0.329 e. The minimum absolute atomic E-state index is 0.197. The number of aromatic nitrogens is 3. The molecule has 0 aliphatic rings. The van der Waals surface area contributed by atoms with Crippen LogP contribution in [0.1, 0.15) is 11.1 Å². The lowest BCUT2D eigenvalue weighted by molar-refractivity contribution is 0.564. The van der Waals surface area contributed by atoms with Gasteiger partial charge in [0.15, 0.2) is 16.2 Å². The van der Waals surface area contributed by atoms with E-state index in [4.69, 9.17) is 12.2 Å². The Balaban J connectivity index is 2.44. The molecule has 2 aromatic heterocycles. The van der Waals surface area contributed by atoms with E-state index in [2.05, 4.69) is 9.97 Å². The van der Waals surface area contributed by atoms with E-state index in [-0.39, 0.29) is 10.5 Å². The minimum atomic E-state index is -0.674. The fourth-order valence-corrected chi connectivity index (χ4v) is 2.44. The number of benzene rings is 1. The monoisotopic (exact) mass is 291 g/mol. The number of hydrogen-bond acceptors (Lipinski definition) is 2. The van der Waals surface area contributed by atoms with E-state index in [9.17, 15) is 8.78 Å². The van der Waals surface area contributed by atoms with Crippen LogP contribution in [0.3, 0.4) is 0 Å². The molecule has 0 aliphatic heterocycles. The van der Waals surface area contributed by atoms with Crippen LogP contribution in [0.4, 0.5) is 8.78 Å². The SMILES string of the molecule is Cc1cnc2c(c1)[nH]c(=S)n2-c1c(F)ccc(C)c1F. The fourth-order valence-electron chi connectivity index (χ4n) is 2.15. The second-order valence-corrected chi connectivity index (χ2v) is 5.06. The van der Waals surface area contributed by atoms with Crippen molar-refractivity contribution in [3.63, 3.8) is 0 Å². The third kappa shape index (κ3) is 1.84. The van der Waals surface area contributed by atoms with Gasteiger partial charge in [0.1, 0.15) is 11.5 Å². The molecule has 0 saturated heterocycles. The number of H-pyrrole nitrogens is 1. The molecule has 0 bridgehead atoms. The molecule has 20 heavy (non-hydrogen) atoms. The Labute approximate surface area is 118 Å². The lowest BCUT2D eigenvalue weighted by Gasteiger charge is -2.08. The van der Waals surface area contributed by atoms with E-state index in [1.165, 1.54) is 16.7 Å². The molecule has 3 aromatic rings. The van der Waals surface area contributed by atoms with E-state index in [1.807, 2.05) is 13.0 Å². The number of aromatic amines is 1. The Bertz CT molecular complexity index is 880. The summed E-state index contributed by atoms with van der Waals surface area (Å²) >= 11 is 5.17. The van der Waals surface area contributed by atoms with Crippen molar-refractivity contribution in [2.45, 2.75) is 13.8 Å². The smallest absolute Gasteiger partial charge is 0.184 e. The highest BCUT2D eigenvalue weighted by molar-refractivity contribution is 7.71. The molecule has 0 aliphatic carbocycles. The molecule has 0 radical (unpaired) electrons. The van der Waals surface area contributed by atoms with Crippen LogP contribution in [-0.2, 0) is 0 Å². The maximum atomic E-state index is 14.3. The molecule has 0 atom stereocenters. The molecule has 0 unspecified atom stereocenters. The van der Waals surface area contributed by atoms with Crippen molar-refractivity contribution in [2.24, 2.45) is 0 Å². The first-order valence-corrected chi connectivity index (χ1v) is 6.42. The molecule has 3 nitrogen and oxygen atoms in total. The van der Waals surface area contributed by atoms with Gasteiger partial charge in [-0.1, -0.05) is 6.07 Å². The molecule has 0 spiro atoms. The Kier molecular flexibility index (Phi) is 2.90. The normalized spacial score (nSPS) is 11.2. The van der Waals surface area contributed by atoms with E-state index in [1.54, 1.807) is 13.1 Å². The summed E-state index contributed by atoms with van der Waals surface area (Å²) in [4.78, 5) is 7.14. The Morgan fingerprint density at radius 1 is 1.25 bits per heavy atom. The van der Waals surface area contributed by atoms with Gasteiger partial charge in [-0.05, 0) is 49.3 Å². The van der Waals surface area contributed by atoms with Crippen molar-refractivity contribution in [3.8, 4) is 5.69 Å². The number of nitrogens with one attached hydrogen (secondary N) is 1. The van der Waals surface area contributed by atoms with Crippen LogP contribution in [-0.4, -0.2) is 14.5 Å². The third-order valence-corrected chi connectivity index (χ3v) is 3.43. The van der Waals surface area contributed by atoms with Crippen molar-refractivity contribution >= 4 is 23.4 Å². The topological polar surface area (TPSA) is 33.6 Å². The highest BCUT2D eigenvalue weighted by Crippen LogP contribution is 2.25. The summed E-state index contributed by atoms with van der Waals surface area (Å²) in [6.07, 6.45) is 1.63. The maximum Gasteiger partial charge on any atom is 0.184 e. The number of nitrogens with zero attached hydrogens (tertiary/aromatic N) is 2. The van der Waals surface area contributed by atoms with Crippen molar-refractivity contribution in [2.75, 3.05) is 0 Å². The maximum absolute atomic E-state index is 14.3. The molecular weight excluding hydrogens is 280 g/mol. The molecular formula is C14H11F2N3S. The highest BCUT2D eigenvalue weighted by Gasteiger charge is 2.17. The lowest BCUT2D eigenvalue weighted by Crippen LogP contribution is -2.04. The summed E-state index contributed by atoms with van der Waals surface area (Å²) in [6, 6.07) is 4.45. The van der Waals surface area contributed by atoms with Crippen LogP contribution >= 0.6 is 12.2 Å². The molecule has 1 N–H and O–H groups in total. The van der Waals surface area contributed by atoms with Gasteiger partial charge in [-0.3, -0.25) is 4.57 Å². The lowest BCUT2D eigenvalue weighted by atomic mass is 10.2. The molecule has 0 amide bonds. The zero-order valence-corrected chi connectivity index (χ0v) is 11.7. The average Bonchev–Trinajstić information content (AvgIpc) is 2.70. The van der Waals surface area contributed by atoms with Crippen molar-refractivity contribution in [3.05, 3.63) is 51.9 Å². The van der Waals surface area contributed by atoms with Crippen molar-refractivity contribution in [1.82, 2.24) is 14.5 Å². The standard InChI is InChI=1S/C14H11F2N3S/c1-7-5-10-13(17-6-7)19(14(20)18-10)12-9(15)4-3-8(2)11(12)16/h3-6H,1-2H3,(H,18,20). The molecule has 1 aromatic carbocycles. The van der Waals surface area contributed by atoms with Gasteiger partial charge in [0.2, 0.25) is 0 Å². The van der Waals surface area contributed by atoms with Crippen LogP contribution in [0.15, 0.2) is 24.4 Å². The van der Waals surface area contributed by atoms with Crippen LogP contribution in [0.25, 0.3) is 16.9 Å². The molecule has 2 heterocycles. The second kappa shape index (κ2) is 4.49. The summed E-state index contributed by atoms with van der Waals surface area (Å²) in [5.41, 5.74) is 2.15. The number of rotatable bonds is 1. The summed E-state index contributed by atoms with van der Waals surface area (Å²) in [5.74, 6) is -1.31. The van der Waals surface area contributed by atoms with Gasteiger partial charge in [-0.15, -0.1) is 0 Å². The van der Waals surface area contributed by atoms with E-state index >= 15 is 0 Å². The number of halogens is 2. The summed E-state index contributed by atoms with van der Waals surface area (Å²) in [5, 5.41) is 0. The molecule has 102 valence electrons. The van der Waals surface area contributed by atoms with Crippen LogP contribution in [0.5, 0.6) is 0 Å². The number of hydrogen-bond donors (Lipinski definition) is 1. The zero-order chi connectivity index (χ0) is 14.4. The van der Waals surface area contributed by atoms with Gasteiger partial charge in [-0.25, -0.2) is 13.8 Å². The van der Waals surface area contributed by atoms with Gasteiger partial charge < -0.3 is 4.98 Å². The predicted molar refractivity (Wildman–Crippen MR) is 75.6 cm³/mol. The molecule has 3 rings (SSSR count). The first kappa shape index (κ1) is 12.9. The first-order chi connectivity index (χ1) is 9.49. The largest absolute Gasteiger partial charge is 0.329 e. The average molecular weight is 291 g/mol. The van der Waals surface area contributed by atoms with E-state index < -0.39 is 11.6 Å². The summed E-state index contributed by atoms with van der Waals surface area (Å²) in [6.45, 7) is 3.46. The van der Waals surface area contributed by atoms with Gasteiger partial charge in [0, 0.05) is 6.20 Å². The Morgan fingerprint density at radius 2 is 2.00 bits per heavy atom. The van der Waals surface area contributed by atoms with Gasteiger partial charge in [0.05, 0.1) is 5.52 Å². The number of aryl methyl sites for hydroxylation is 2. The first-order valence-electron chi connectivity index (χ1n) is 6.01. The van der Waals surface area contributed by atoms with E-state index in [0.29, 0.717) is 16.7 Å². The quantitative estimate of drug-likeness (QED) is 0.688. The third-order valence-electron chi connectivity index (χ3n) is 3.14. The number of fused-ring (bicyclic) bond motifs is 1. The second-order valence-electron chi connectivity index (χ2n) is 4.68. The highest BCUT2D eigenvalue weighted by atomic mass is 32.1. The fraction of sp³-hybridized carbons (Fsp3) is 0.143. The molecule has 6 heteroatoms. The van der Waals surface area contributed by atoms with Crippen molar-refractivity contribution < 1.29 is 8.78 Å². The van der Waals surface area contributed by atoms with Crippen LogP contribution < -0.4 is 0 Å². The van der Waals surface area contributed by atoms with Gasteiger partial charge in [-0.2, -0.15) is 0 Å². The Hall–Kier alpha value is -2.08. The number of pyridine rings is 1. The van der Waals surface area contributed by atoms with E-state index in [0.717, 1.165) is 5.56 Å². The van der Waals surface area contributed by atoms with Gasteiger partial charge >= 0.3 is 0 Å². The van der Waals surface area contributed by atoms with Crippen LogP contribution in [0.2, 0.25) is 0 Å². The zero-order valence-electron chi connectivity index (χ0n) is 10.9. The summed E-state index contributed by atoms with van der Waals surface area (Å²) < 4.78 is 29.8. The van der Waals surface area contributed by atoms with Gasteiger partial charge in [0.25, 0.3) is 0 Å². The Morgan fingerprint density at radius 3 is 2.75 bits per heavy atom. The van der Waals surface area contributed by atoms with Crippen molar-refractivity contribution in [1.29, 1.82) is 0 Å². The summed E-state index contributed by atoms with van der Waals surface area (Å²) in [7, 11) is 0. The molecule has 0 saturated carbocycles. The predicted octanol–water partition coefficient (Wildman–Crippen LogP) is 3.98. The molecule has 0 fully saturated rings. The number of imidazole rings is 1.